The Labute approximate surface area is 172 Å². The topological polar surface area (TPSA) is 94.3 Å². The van der Waals surface area contributed by atoms with E-state index in [1.807, 2.05) is 18.2 Å². The highest BCUT2D eigenvalue weighted by atomic mass is 32.2. The summed E-state index contributed by atoms with van der Waals surface area (Å²) in [5.74, 6) is 0.761. The number of hydrogen-bond donors (Lipinski definition) is 1. The molecule has 0 saturated heterocycles. The summed E-state index contributed by atoms with van der Waals surface area (Å²) in [6.07, 6.45) is 0. The quantitative estimate of drug-likeness (QED) is 0.494. The smallest absolute Gasteiger partial charge is 0.262 e. The van der Waals surface area contributed by atoms with Crippen LogP contribution in [-0.2, 0) is 10.0 Å². The Kier molecular flexibility index (Phi) is 5.20. The number of nitrogens with one attached hydrogen (secondary N) is 1. The molecule has 0 saturated carbocycles. The molecule has 0 atom stereocenters. The fourth-order valence-corrected chi connectivity index (χ4v) is 3.85. The van der Waals surface area contributed by atoms with E-state index in [1.165, 1.54) is 12.1 Å². The minimum absolute atomic E-state index is 0.0346. The average molecular weight is 425 g/mol. The third-order valence-electron chi connectivity index (χ3n) is 4.28. The maximum atomic E-state index is 13.0. The summed E-state index contributed by atoms with van der Waals surface area (Å²) in [4.78, 5) is 4.35. The Morgan fingerprint density at radius 1 is 0.967 bits per heavy atom. The molecule has 0 bridgehead atoms. The number of sulfonamides is 1. The predicted molar refractivity (Wildman–Crippen MR) is 109 cm³/mol. The summed E-state index contributed by atoms with van der Waals surface area (Å²) in [7, 11) is -2.27. The van der Waals surface area contributed by atoms with Crippen LogP contribution in [0.2, 0.25) is 0 Å². The van der Waals surface area contributed by atoms with Crippen molar-refractivity contribution in [1.29, 1.82) is 0 Å². The van der Waals surface area contributed by atoms with E-state index < -0.39 is 15.8 Å². The number of methoxy groups -OCH3 is 1. The highest BCUT2D eigenvalue weighted by molar-refractivity contribution is 7.92. The fraction of sp³-hybridized carbons (Fsp3) is 0.0476. The van der Waals surface area contributed by atoms with Crippen LogP contribution >= 0.6 is 0 Å². The molecule has 0 aliphatic heterocycles. The van der Waals surface area contributed by atoms with Gasteiger partial charge < -0.3 is 9.26 Å². The normalized spacial score (nSPS) is 11.3. The number of para-hydroxylation sites is 1. The van der Waals surface area contributed by atoms with Crippen LogP contribution in [0.5, 0.6) is 5.75 Å². The molecule has 152 valence electrons. The van der Waals surface area contributed by atoms with Crippen molar-refractivity contribution < 1.29 is 22.1 Å². The Bertz CT molecular complexity index is 1270. The lowest BCUT2D eigenvalue weighted by Gasteiger charge is -2.08. The van der Waals surface area contributed by atoms with Crippen LogP contribution in [0.3, 0.4) is 0 Å². The van der Waals surface area contributed by atoms with Crippen LogP contribution in [0, 0.1) is 5.82 Å². The van der Waals surface area contributed by atoms with E-state index in [9.17, 15) is 12.8 Å². The van der Waals surface area contributed by atoms with Gasteiger partial charge in [-0.2, -0.15) is 4.98 Å². The number of halogens is 1. The van der Waals surface area contributed by atoms with Gasteiger partial charge in [-0.15, -0.1) is 0 Å². The number of ether oxygens (including phenoxy) is 1. The fourth-order valence-electron chi connectivity index (χ4n) is 2.79. The number of nitrogens with zero attached hydrogens (tertiary/aromatic N) is 2. The van der Waals surface area contributed by atoms with E-state index in [0.29, 0.717) is 34.3 Å². The van der Waals surface area contributed by atoms with Gasteiger partial charge in [0.05, 0.1) is 17.6 Å². The minimum atomic E-state index is -3.83. The zero-order chi connectivity index (χ0) is 21.1. The summed E-state index contributed by atoms with van der Waals surface area (Å²) >= 11 is 0. The van der Waals surface area contributed by atoms with Crippen molar-refractivity contribution >= 4 is 15.7 Å². The lowest BCUT2D eigenvalue weighted by Crippen LogP contribution is -2.12. The molecule has 0 amide bonds. The molecule has 9 heteroatoms. The summed E-state index contributed by atoms with van der Waals surface area (Å²) in [6, 6.07) is 18.3. The molecule has 4 rings (SSSR count). The van der Waals surface area contributed by atoms with Crippen molar-refractivity contribution in [3.63, 3.8) is 0 Å². The summed E-state index contributed by atoms with van der Waals surface area (Å²) in [6.45, 7) is 0. The second kappa shape index (κ2) is 7.96. The molecule has 0 aliphatic rings. The molecule has 4 aromatic rings. The highest BCUT2D eigenvalue weighted by Crippen LogP contribution is 2.30. The van der Waals surface area contributed by atoms with Crippen LogP contribution in [-0.4, -0.2) is 25.7 Å². The van der Waals surface area contributed by atoms with E-state index in [0.717, 1.165) is 12.1 Å². The average Bonchev–Trinajstić information content (AvgIpc) is 3.24. The van der Waals surface area contributed by atoms with Gasteiger partial charge in [-0.3, -0.25) is 4.72 Å². The van der Waals surface area contributed by atoms with Crippen LogP contribution < -0.4 is 9.46 Å². The number of anilines is 1. The first kappa shape index (κ1) is 19.6. The summed E-state index contributed by atoms with van der Waals surface area (Å²) in [5, 5.41) is 3.98. The zero-order valence-corrected chi connectivity index (χ0v) is 16.6. The Morgan fingerprint density at radius 2 is 1.67 bits per heavy atom. The van der Waals surface area contributed by atoms with Gasteiger partial charge in [0.1, 0.15) is 11.6 Å². The molecule has 1 heterocycles. The first-order valence-corrected chi connectivity index (χ1v) is 10.3. The maximum absolute atomic E-state index is 13.0. The standard InChI is InChI=1S/C21H16FN3O4S/c1-28-19-5-3-2-4-18(19)21-23-20(24-29-21)14-6-10-16(11-7-14)25-30(26,27)17-12-8-15(22)9-13-17/h2-13,25H,1H3. The van der Waals surface area contributed by atoms with Gasteiger partial charge >= 0.3 is 0 Å². The highest BCUT2D eigenvalue weighted by Gasteiger charge is 2.16. The third-order valence-corrected chi connectivity index (χ3v) is 5.68. The van der Waals surface area contributed by atoms with Gasteiger partial charge in [-0.25, -0.2) is 12.8 Å². The largest absolute Gasteiger partial charge is 0.496 e. The number of rotatable bonds is 6. The maximum Gasteiger partial charge on any atom is 0.262 e. The van der Waals surface area contributed by atoms with Crippen LogP contribution in [0.4, 0.5) is 10.1 Å². The molecule has 0 spiro atoms. The van der Waals surface area contributed by atoms with Gasteiger partial charge in [0.15, 0.2) is 0 Å². The molecule has 30 heavy (non-hydrogen) atoms. The van der Waals surface area contributed by atoms with Crippen LogP contribution in [0.1, 0.15) is 0 Å². The van der Waals surface area contributed by atoms with Gasteiger partial charge in [0.2, 0.25) is 5.82 Å². The molecule has 0 unspecified atom stereocenters. The molecular weight excluding hydrogens is 409 g/mol. The van der Waals surface area contributed by atoms with E-state index in [-0.39, 0.29) is 4.90 Å². The molecule has 0 fully saturated rings. The summed E-state index contributed by atoms with van der Waals surface area (Å²) in [5.41, 5.74) is 1.66. The number of hydrogen-bond acceptors (Lipinski definition) is 6. The molecule has 1 aromatic heterocycles. The lowest BCUT2D eigenvalue weighted by atomic mass is 10.2. The van der Waals surface area contributed by atoms with Crippen molar-refractivity contribution in [2.45, 2.75) is 4.90 Å². The van der Waals surface area contributed by atoms with E-state index in [4.69, 9.17) is 9.26 Å². The van der Waals surface area contributed by atoms with Gasteiger partial charge in [0.25, 0.3) is 15.9 Å². The monoisotopic (exact) mass is 425 g/mol. The van der Waals surface area contributed by atoms with Crippen molar-refractivity contribution in [1.82, 2.24) is 10.1 Å². The van der Waals surface area contributed by atoms with Crippen molar-refractivity contribution in [2.75, 3.05) is 11.8 Å². The van der Waals surface area contributed by atoms with Gasteiger partial charge in [-0.05, 0) is 60.7 Å². The van der Waals surface area contributed by atoms with Crippen LogP contribution in [0.25, 0.3) is 22.8 Å². The Balaban J connectivity index is 1.54. The molecule has 7 nitrogen and oxygen atoms in total. The Morgan fingerprint density at radius 3 is 2.37 bits per heavy atom. The third kappa shape index (κ3) is 4.01. The first-order valence-electron chi connectivity index (χ1n) is 8.82. The zero-order valence-electron chi connectivity index (χ0n) is 15.7. The van der Waals surface area contributed by atoms with Crippen molar-refractivity contribution in [3.8, 4) is 28.6 Å². The molecule has 0 radical (unpaired) electrons. The molecule has 3 aromatic carbocycles. The van der Waals surface area contributed by atoms with Gasteiger partial charge in [-0.1, -0.05) is 17.3 Å². The van der Waals surface area contributed by atoms with E-state index in [1.54, 1.807) is 37.4 Å². The second-order valence-electron chi connectivity index (χ2n) is 6.26. The molecule has 0 aliphatic carbocycles. The number of aromatic nitrogens is 2. The SMILES string of the molecule is COc1ccccc1-c1nc(-c2ccc(NS(=O)(=O)c3ccc(F)cc3)cc2)no1. The molecular formula is C21H16FN3O4S. The summed E-state index contributed by atoms with van der Waals surface area (Å²) < 4.78 is 50.9. The van der Waals surface area contributed by atoms with E-state index in [2.05, 4.69) is 14.9 Å². The van der Waals surface area contributed by atoms with Crippen molar-refractivity contribution in [3.05, 3.63) is 78.6 Å². The number of benzene rings is 3. The second-order valence-corrected chi connectivity index (χ2v) is 7.94. The van der Waals surface area contributed by atoms with E-state index >= 15 is 0 Å². The lowest BCUT2D eigenvalue weighted by molar-refractivity contribution is 0.405. The van der Waals surface area contributed by atoms with Crippen molar-refractivity contribution in [2.24, 2.45) is 0 Å². The predicted octanol–water partition coefficient (Wildman–Crippen LogP) is 4.35. The van der Waals surface area contributed by atoms with Crippen LogP contribution in [0.15, 0.2) is 82.2 Å². The van der Waals surface area contributed by atoms with Gasteiger partial charge in [0, 0.05) is 11.3 Å². The molecule has 1 N–H and O–H groups in total. The first-order chi connectivity index (χ1) is 14.5. The Hall–Kier alpha value is -3.72. The minimum Gasteiger partial charge on any atom is -0.496 e.